The minimum absolute atomic E-state index is 0.229. The van der Waals surface area contributed by atoms with Crippen LogP contribution in [0.2, 0.25) is 0 Å². The standard InChI is InChI=1S/C6H11NO3/c1-3(8)5-4(2)10-6(9)7-5/h3-5,8H,1-2H3,(H,7,9)/t3-,4?,5+/m1/s1. The summed E-state index contributed by atoms with van der Waals surface area (Å²) >= 11 is 0. The summed E-state index contributed by atoms with van der Waals surface area (Å²) in [6, 6.07) is -0.257. The Bertz CT molecular complexity index is 146. The van der Waals surface area contributed by atoms with Crippen LogP contribution in [0.3, 0.4) is 0 Å². The molecule has 0 bridgehead atoms. The van der Waals surface area contributed by atoms with Gasteiger partial charge in [-0.3, -0.25) is 0 Å². The molecule has 58 valence electrons. The number of aliphatic hydroxyl groups is 1. The zero-order valence-electron chi connectivity index (χ0n) is 6.00. The highest BCUT2D eigenvalue weighted by Crippen LogP contribution is 2.10. The van der Waals surface area contributed by atoms with E-state index in [2.05, 4.69) is 5.32 Å². The summed E-state index contributed by atoms with van der Waals surface area (Å²) in [6.07, 6.45) is -1.23. The molecule has 0 aliphatic carbocycles. The van der Waals surface area contributed by atoms with Crippen LogP contribution in [0.5, 0.6) is 0 Å². The number of carbonyl (C=O) groups excluding carboxylic acids is 1. The van der Waals surface area contributed by atoms with Gasteiger partial charge in [-0.15, -0.1) is 0 Å². The zero-order valence-corrected chi connectivity index (χ0v) is 6.00. The summed E-state index contributed by atoms with van der Waals surface area (Å²) in [6.45, 7) is 3.37. The van der Waals surface area contributed by atoms with E-state index in [4.69, 9.17) is 9.84 Å². The molecule has 1 fully saturated rings. The highest BCUT2D eigenvalue weighted by atomic mass is 16.6. The second-order valence-electron chi connectivity index (χ2n) is 2.52. The molecule has 0 spiro atoms. The molecule has 0 aromatic heterocycles. The maximum Gasteiger partial charge on any atom is 0.407 e. The fraction of sp³-hybridized carbons (Fsp3) is 0.833. The number of rotatable bonds is 1. The van der Waals surface area contributed by atoms with Gasteiger partial charge in [0, 0.05) is 0 Å². The third-order valence-corrected chi connectivity index (χ3v) is 1.60. The van der Waals surface area contributed by atoms with Crippen molar-refractivity contribution in [2.24, 2.45) is 0 Å². The molecular weight excluding hydrogens is 134 g/mol. The van der Waals surface area contributed by atoms with Crippen LogP contribution < -0.4 is 5.32 Å². The van der Waals surface area contributed by atoms with Crippen LogP contribution in [0.1, 0.15) is 13.8 Å². The number of alkyl carbamates (subject to hydrolysis) is 1. The first-order valence-corrected chi connectivity index (χ1v) is 3.26. The Morgan fingerprint density at radius 2 is 2.40 bits per heavy atom. The van der Waals surface area contributed by atoms with Gasteiger partial charge < -0.3 is 15.2 Å². The highest BCUT2D eigenvalue weighted by molar-refractivity contribution is 5.70. The molecule has 0 saturated carbocycles. The third-order valence-electron chi connectivity index (χ3n) is 1.60. The Morgan fingerprint density at radius 1 is 1.80 bits per heavy atom. The largest absolute Gasteiger partial charge is 0.444 e. The van der Waals surface area contributed by atoms with E-state index < -0.39 is 12.2 Å². The van der Waals surface area contributed by atoms with Gasteiger partial charge in [-0.05, 0) is 13.8 Å². The van der Waals surface area contributed by atoms with E-state index >= 15 is 0 Å². The second kappa shape index (κ2) is 2.46. The smallest absolute Gasteiger partial charge is 0.407 e. The molecule has 10 heavy (non-hydrogen) atoms. The molecule has 1 rings (SSSR count). The van der Waals surface area contributed by atoms with Crippen molar-refractivity contribution in [1.82, 2.24) is 5.32 Å². The quantitative estimate of drug-likeness (QED) is 0.540. The van der Waals surface area contributed by atoms with Crippen molar-refractivity contribution in [3.8, 4) is 0 Å². The molecule has 1 aliphatic rings. The maximum absolute atomic E-state index is 10.5. The molecule has 1 saturated heterocycles. The van der Waals surface area contributed by atoms with Crippen LogP contribution in [-0.2, 0) is 4.74 Å². The van der Waals surface area contributed by atoms with Gasteiger partial charge in [-0.1, -0.05) is 0 Å². The van der Waals surface area contributed by atoms with E-state index in [0.717, 1.165) is 0 Å². The fourth-order valence-corrected chi connectivity index (χ4v) is 1.04. The lowest BCUT2D eigenvalue weighted by Gasteiger charge is -2.14. The van der Waals surface area contributed by atoms with Gasteiger partial charge in [0.15, 0.2) is 0 Å². The molecule has 0 aromatic rings. The monoisotopic (exact) mass is 145 g/mol. The number of hydrogen-bond donors (Lipinski definition) is 2. The van der Waals surface area contributed by atoms with Crippen LogP contribution in [0.25, 0.3) is 0 Å². The summed E-state index contributed by atoms with van der Waals surface area (Å²) in [4.78, 5) is 10.5. The predicted octanol–water partition coefficient (Wildman–Crippen LogP) is -0.136. The topological polar surface area (TPSA) is 58.6 Å². The number of carbonyl (C=O) groups is 1. The van der Waals surface area contributed by atoms with E-state index in [1.54, 1.807) is 13.8 Å². The van der Waals surface area contributed by atoms with Crippen LogP contribution in [0.15, 0.2) is 0 Å². The van der Waals surface area contributed by atoms with Crippen molar-refractivity contribution in [1.29, 1.82) is 0 Å². The number of amides is 1. The minimum Gasteiger partial charge on any atom is -0.444 e. The molecule has 1 heterocycles. The van der Waals surface area contributed by atoms with Gasteiger partial charge in [0.1, 0.15) is 6.10 Å². The number of nitrogens with one attached hydrogen (secondary N) is 1. The molecule has 1 unspecified atom stereocenters. The Labute approximate surface area is 59.2 Å². The van der Waals surface area contributed by atoms with Gasteiger partial charge in [0.05, 0.1) is 12.1 Å². The average Bonchev–Trinajstić information content (AvgIpc) is 2.10. The summed E-state index contributed by atoms with van der Waals surface area (Å²) in [7, 11) is 0. The Hall–Kier alpha value is -0.770. The van der Waals surface area contributed by atoms with Crippen molar-refractivity contribution in [2.75, 3.05) is 0 Å². The number of ether oxygens (including phenoxy) is 1. The lowest BCUT2D eigenvalue weighted by atomic mass is 10.1. The van der Waals surface area contributed by atoms with Crippen molar-refractivity contribution in [3.63, 3.8) is 0 Å². The normalized spacial score (nSPS) is 34.9. The minimum atomic E-state index is -0.554. The summed E-state index contributed by atoms with van der Waals surface area (Å²) in [5, 5.41) is 11.5. The van der Waals surface area contributed by atoms with E-state index in [1.165, 1.54) is 0 Å². The van der Waals surface area contributed by atoms with Crippen molar-refractivity contribution in [3.05, 3.63) is 0 Å². The molecule has 0 aromatic carbocycles. The van der Waals surface area contributed by atoms with Gasteiger partial charge in [-0.25, -0.2) is 4.79 Å². The first-order chi connectivity index (χ1) is 4.61. The predicted molar refractivity (Wildman–Crippen MR) is 34.5 cm³/mol. The first kappa shape index (κ1) is 7.34. The summed E-state index contributed by atoms with van der Waals surface area (Å²) < 4.78 is 4.73. The molecule has 2 N–H and O–H groups in total. The highest BCUT2D eigenvalue weighted by Gasteiger charge is 2.33. The molecule has 1 aliphatic heterocycles. The lowest BCUT2D eigenvalue weighted by molar-refractivity contribution is 0.0973. The van der Waals surface area contributed by atoms with E-state index in [0.29, 0.717) is 0 Å². The van der Waals surface area contributed by atoms with Gasteiger partial charge in [-0.2, -0.15) is 0 Å². The Morgan fingerprint density at radius 3 is 2.60 bits per heavy atom. The van der Waals surface area contributed by atoms with Crippen LogP contribution in [-0.4, -0.2) is 29.4 Å². The maximum atomic E-state index is 10.5. The van der Waals surface area contributed by atoms with Gasteiger partial charge in [0.2, 0.25) is 0 Å². The average molecular weight is 145 g/mol. The zero-order chi connectivity index (χ0) is 7.72. The summed E-state index contributed by atoms with van der Waals surface area (Å²) in [5.41, 5.74) is 0. The van der Waals surface area contributed by atoms with E-state index in [1.807, 2.05) is 0 Å². The van der Waals surface area contributed by atoms with E-state index in [9.17, 15) is 4.79 Å². The van der Waals surface area contributed by atoms with Gasteiger partial charge >= 0.3 is 6.09 Å². The first-order valence-electron chi connectivity index (χ1n) is 3.26. The Kier molecular flexibility index (Phi) is 1.80. The number of cyclic esters (lactones) is 1. The third kappa shape index (κ3) is 1.21. The van der Waals surface area contributed by atoms with Crippen molar-refractivity contribution in [2.45, 2.75) is 32.1 Å². The van der Waals surface area contributed by atoms with Crippen LogP contribution in [0, 0.1) is 0 Å². The van der Waals surface area contributed by atoms with E-state index in [-0.39, 0.29) is 12.1 Å². The SMILES string of the molecule is CC1OC(=O)N[C@H]1[C@@H](C)O. The number of hydrogen-bond acceptors (Lipinski definition) is 3. The second-order valence-corrected chi connectivity index (χ2v) is 2.52. The molecule has 4 nitrogen and oxygen atoms in total. The number of aliphatic hydroxyl groups excluding tert-OH is 1. The van der Waals surface area contributed by atoms with Crippen molar-refractivity contribution >= 4 is 6.09 Å². The lowest BCUT2D eigenvalue weighted by Crippen LogP contribution is -2.39. The van der Waals surface area contributed by atoms with Crippen molar-refractivity contribution < 1.29 is 14.6 Å². The Balaban J connectivity index is 2.54. The fourth-order valence-electron chi connectivity index (χ4n) is 1.04. The molecule has 4 heteroatoms. The summed E-state index contributed by atoms with van der Waals surface area (Å²) in [5.74, 6) is 0. The molecule has 3 atom stereocenters. The van der Waals surface area contributed by atoms with Crippen LogP contribution >= 0.6 is 0 Å². The van der Waals surface area contributed by atoms with Crippen LogP contribution in [0.4, 0.5) is 4.79 Å². The molecule has 1 amide bonds. The van der Waals surface area contributed by atoms with Gasteiger partial charge in [0.25, 0.3) is 0 Å². The molecular formula is C6H11NO3. The molecule has 0 radical (unpaired) electrons.